The number of nitrogens with one attached hydrogen (secondary N) is 1. The summed E-state index contributed by atoms with van der Waals surface area (Å²) in [5.41, 5.74) is 1.38. The van der Waals surface area contributed by atoms with Crippen molar-refractivity contribution in [2.24, 2.45) is 0 Å². The van der Waals surface area contributed by atoms with Gasteiger partial charge in [0.2, 0.25) is 12.7 Å². The molecule has 2 N–H and O–H groups in total. The zero-order valence-corrected chi connectivity index (χ0v) is 15.8. The summed E-state index contributed by atoms with van der Waals surface area (Å²) in [6.07, 6.45) is 0.429. The van der Waals surface area contributed by atoms with Gasteiger partial charge in [-0.2, -0.15) is 0 Å². The van der Waals surface area contributed by atoms with Gasteiger partial charge in [0, 0.05) is 17.1 Å². The van der Waals surface area contributed by atoms with Gasteiger partial charge in [0.05, 0.1) is 0 Å². The van der Waals surface area contributed by atoms with Crippen molar-refractivity contribution in [3.63, 3.8) is 0 Å². The second-order valence-electron chi connectivity index (χ2n) is 6.31. The van der Waals surface area contributed by atoms with Crippen molar-refractivity contribution in [1.29, 1.82) is 0 Å². The molecule has 146 valence electrons. The summed E-state index contributed by atoms with van der Waals surface area (Å²) >= 11 is 5.91. The number of ether oxygens (including phenoxy) is 3. The van der Waals surface area contributed by atoms with Crippen molar-refractivity contribution >= 4 is 11.6 Å². The first-order valence-electron chi connectivity index (χ1n) is 8.75. The van der Waals surface area contributed by atoms with Gasteiger partial charge in [-0.15, -0.1) is 0 Å². The van der Waals surface area contributed by atoms with E-state index >= 15 is 0 Å². The maximum absolute atomic E-state index is 10.4. The van der Waals surface area contributed by atoms with Crippen LogP contribution in [-0.2, 0) is 6.61 Å². The quantitative estimate of drug-likeness (QED) is 0.578. The molecule has 2 atom stereocenters. The van der Waals surface area contributed by atoms with E-state index in [0.717, 1.165) is 5.56 Å². The lowest BCUT2D eigenvalue weighted by atomic mass is 10.1. The molecule has 7 nitrogen and oxygen atoms in total. The average molecular weight is 403 g/mol. The van der Waals surface area contributed by atoms with E-state index in [1.807, 2.05) is 31.2 Å². The van der Waals surface area contributed by atoms with Gasteiger partial charge in [-0.1, -0.05) is 23.7 Å². The summed E-state index contributed by atoms with van der Waals surface area (Å²) in [4.78, 5) is 4.28. The molecule has 1 aliphatic heterocycles. The monoisotopic (exact) mass is 402 g/mol. The van der Waals surface area contributed by atoms with E-state index in [4.69, 9.17) is 30.2 Å². The van der Waals surface area contributed by atoms with Crippen LogP contribution in [0, 0.1) is 0 Å². The Morgan fingerprint density at radius 1 is 1.18 bits per heavy atom. The molecule has 1 aliphatic rings. The molecule has 3 aromatic rings. The number of aliphatic hydroxyl groups is 1. The van der Waals surface area contributed by atoms with Crippen molar-refractivity contribution in [2.75, 3.05) is 6.79 Å². The molecule has 2 heterocycles. The van der Waals surface area contributed by atoms with Crippen LogP contribution in [0.1, 0.15) is 36.3 Å². The predicted octanol–water partition coefficient (Wildman–Crippen LogP) is 3.98. The van der Waals surface area contributed by atoms with E-state index < -0.39 is 6.23 Å². The molecular weight excluding hydrogens is 384 g/mol. The highest BCUT2D eigenvalue weighted by molar-refractivity contribution is 6.30. The molecule has 4 rings (SSSR count). The van der Waals surface area contributed by atoms with Gasteiger partial charge in [0.15, 0.2) is 24.3 Å². The average Bonchev–Trinajstić information content (AvgIpc) is 3.35. The number of aliphatic hydroxyl groups excluding tert-OH is 1. The number of rotatable bonds is 7. The number of fused-ring (bicyclic) bond motifs is 1. The minimum Gasteiger partial charge on any atom is -0.484 e. The Kier molecular flexibility index (Phi) is 5.38. The predicted molar refractivity (Wildman–Crippen MR) is 101 cm³/mol. The largest absolute Gasteiger partial charge is 0.484 e. The van der Waals surface area contributed by atoms with Gasteiger partial charge in [-0.25, -0.2) is 4.98 Å². The third-order valence-electron chi connectivity index (χ3n) is 4.33. The van der Waals surface area contributed by atoms with E-state index in [9.17, 15) is 5.11 Å². The molecule has 0 spiro atoms. The smallest absolute Gasteiger partial charge is 0.232 e. The van der Waals surface area contributed by atoms with Gasteiger partial charge < -0.3 is 23.7 Å². The van der Waals surface area contributed by atoms with Crippen LogP contribution in [0.2, 0.25) is 5.02 Å². The van der Waals surface area contributed by atoms with Crippen molar-refractivity contribution in [3.8, 4) is 17.2 Å². The highest BCUT2D eigenvalue weighted by Gasteiger charge is 2.18. The molecule has 0 saturated heterocycles. The van der Waals surface area contributed by atoms with Crippen molar-refractivity contribution < 1.29 is 23.7 Å². The Bertz CT molecular complexity index is 944. The van der Waals surface area contributed by atoms with E-state index in [-0.39, 0.29) is 19.4 Å². The van der Waals surface area contributed by atoms with Crippen molar-refractivity contribution in [3.05, 3.63) is 70.9 Å². The number of aromatic nitrogens is 1. The molecule has 0 bridgehead atoms. The molecule has 8 heteroatoms. The van der Waals surface area contributed by atoms with Gasteiger partial charge in [-0.3, -0.25) is 5.32 Å². The summed E-state index contributed by atoms with van der Waals surface area (Å²) in [6, 6.07) is 12.6. The fourth-order valence-corrected chi connectivity index (χ4v) is 2.92. The Hall–Kier alpha value is -2.74. The van der Waals surface area contributed by atoms with E-state index in [1.165, 1.54) is 6.26 Å². The fourth-order valence-electron chi connectivity index (χ4n) is 2.80. The normalized spacial score (nSPS) is 14.7. The first-order chi connectivity index (χ1) is 13.6. The first kappa shape index (κ1) is 18.6. The number of hydrogen-bond acceptors (Lipinski definition) is 7. The number of oxazole rings is 1. The summed E-state index contributed by atoms with van der Waals surface area (Å²) in [5.74, 6) is 2.29. The minimum atomic E-state index is -0.978. The van der Waals surface area contributed by atoms with Crippen LogP contribution in [0.25, 0.3) is 0 Å². The zero-order chi connectivity index (χ0) is 19.5. The van der Waals surface area contributed by atoms with E-state index in [0.29, 0.717) is 33.9 Å². The highest BCUT2D eigenvalue weighted by Crippen LogP contribution is 2.35. The van der Waals surface area contributed by atoms with Crippen LogP contribution in [0.4, 0.5) is 0 Å². The standard InChI is InChI=1S/C20H19ClN2O5/c1-12(13-2-4-14(21)5-3-13)22-20(24)16-9-26-19(23-16)10-25-15-6-7-17-18(8-15)28-11-27-17/h2-9,12,20,22,24H,10-11H2,1H3/t12-,20?/m1/s1. The lowest BCUT2D eigenvalue weighted by Gasteiger charge is -2.17. The van der Waals surface area contributed by atoms with Gasteiger partial charge >= 0.3 is 0 Å². The minimum absolute atomic E-state index is 0.0997. The van der Waals surface area contributed by atoms with E-state index in [1.54, 1.807) is 18.2 Å². The molecule has 0 aliphatic carbocycles. The Morgan fingerprint density at radius 2 is 1.96 bits per heavy atom. The molecule has 1 unspecified atom stereocenters. The molecule has 2 aromatic carbocycles. The highest BCUT2D eigenvalue weighted by atomic mass is 35.5. The Labute approximate surface area is 166 Å². The second-order valence-corrected chi connectivity index (χ2v) is 6.75. The lowest BCUT2D eigenvalue weighted by Crippen LogP contribution is -2.24. The van der Waals surface area contributed by atoms with Crippen molar-refractivity contribution in [2.45, 2.75) is 25.8 Å². The second kappa shape index (κ2) is 8.10. The number of nitrogens with zero attached hydrogens (tertiary/aromatic N) is 1. The van der Waals surface area contributed by atoms with Crippen LogP contribution < -0.4 is 19.5 Å². The molecule has 0 fully saturated rings. The maximum atomic E-state index is 10.4. The number of benzene rings is 2. The van der Waals surface area contributed by atoms with Gasteiger partial charge in [0.1, 0.15) is 17.7 Å². The fraction of sp³-hybridized carbons (Fsp3) is 0.250. The third-order valence-corrected chi connectivity index (χ3v) is 4.59. The van der Waals surface area contributed by atoms with Crippen LogP contribution in [0.15, 0.2) is 53.1 Å². The summed E-state index contributed by atoms with van der Waals surface area (Å²) in [6.45, 7) is 2.27. The van der Waals surface area contributed by atoms with Crippen LogP contribution in [0.5, 0.6) is 17.2 Å². The Morgan fingerprint density at radius 3 is 2.79 bits per heavy atom. The summed E-state index contributed by atoms with van der Waals surface area (Å²) in [5, 5.41) is 14.1. The maximum Gasteiger partial charge on any atom is 0.232 e. The zero-order valence-electron chi connectivity index (χ0n) is 15.1. The van der Waals surface area contributed by atoms with Gasteiger partial charge in [-0.05, 0) is 36.8 Å². The molecule has 0 saturated carbocycles. The summed E-state index contributed by atoms with van der Waals surface area (Å²) in [7, 11) is 0. The van der Waals surface area contributed by atoms with Crippen molar-refractivity contribution in [1.82, 2.24) is 10.3 Å². The molecular formula is C20H19ClN2O5. The van der Waals surface area contributed by atoms with Crippen LogP contribution in [0.3, 0.4) is 0 Å². The number of halogens is 1. The van der Waals surface area contributed by atoms with Gasteiger partial charge in [0.25, 0.3) is 0 Å². The SMILES string of the molecule is C[C@@H](NC(O)c1coc(COc2ccc3c(c2)OCO3)n1)c1ccc(Cl)cc1. The summed E-state index contributed by atoms with van der Waals surface area (Å²) < 4.78 is 21.6. The Balaban J connectivity index is 1.33. The molecule has 1 aromatic heterocycles. The topological polar surface area (TPSA) is 86.0 Å². The molecule has 0 amide bonds. The lowest BCUT2D eigenvalue weighted by molar-refractivity contribution is 0.121. The van der Waals surface area contributed by atoms with E-state index in [2.05, 4.69) is 10.3 Å². The molecule has 0 radical (unpaired) electrons. The first-order valence-corrected chi connectivity index (χ1v) is 9.12. The molecule has 28 heavy (non-hydrogen) atoms. The van der Waals surface area contributed by atoms with Crippen LogP contribution >= 0.6 is 11.6 Å². The van der Waals surface area contributed by atoms with Crippen LogP contribution in [-0.4, -0.2) is 16.9 Å². The number of hydrogen-bond donors (Lipinski definition) is 2. The third kappa shape index (κ3) is 4.22.